The van der Waals surface area contributed by atoms with Crippen LogP contribution in [0.4, 0.5) is 0 Å². The van der Waals surface area contributed by atoms with E-state index in [1.807, 2.05) is 24.3 Å². The van der Waals surface area contributed by atoms with Gasteiger partial charge in [-0.3, -0.25) is 9.69 Å². The van der Waals surface area contributed by atoms with Gasteiger partial charge in [-0.2, -0.15) is 0 Å². The van der Waals surface area contributed by atoms with Crippen LogP contribution in [0.5, 0.6) is 0 Å². The number of nitrogens with one attached hydrogen (secondary N) is 1. The van der Waals surface area contributed by atoms with Gasteiger partial charge in [0.1, 0.15) is 5.69 Å². The Labute approximate surface area is 142 Å². The number of carbonyl (C=O) groups is 1. The molecule has 2 aromatic rings. The fourth-order valence-corrected chi connectivity index (χ4v) is 3.42. The van der Waals surface area contributed by atoms with E-state index in [2.05, 4.69) is 22.0 Å². The normalized spacial score (nSPS) is 18.3. The number of amides is 1. The van der Waals surface area contributed by atoms with Crippen molar-refractivity contribution in [3.8, 4) is 0 Å². The molecular formula is C18H22ClN3O. The van der Waals surface area contributed by atoms with Crippen LogP contribution in [-0.2, 0) is 6.54 Å². The van der Waals surface area contributed by atoms with Gasteiger partial charge in [0.25, 0.3) is 5.91 Å². The van der Waals surface area contributed by atoms with Crippen LogP contribution in [0.2, 0.25) is 5.02 Å². The maximum atomic E-state index is 12.0. The summed E-state index contributed by atoms with van der Waals surface area (Å²) in [5, 5.41) is 0.785. The van der Waals surface area contributed by atoms with E-state index < -0.39 is 0 Å². The number of likely N-dealkylation sites (tertiary alicyclic amines) is 1. The van der Waals surface area contributed by atoms with Gasteiger partial charge in [0.05, 0.1) is 0 Å². The van der Waals surface area contributed by atoms with Crippen molar-refractivity contribution >= 4 is 17.5 Å². The minimum atomic E-state index is 0.00376. The van der Waals surface area contributed by atoms with E-state index in [1.54, 1.807) is 19.0 Å². The van der Waals surface area contributed by atoms with E-state index in [1.165, 1.54) is 12.0 Å². The molecule has 1 saturated heterocycles. The van der Waals surface area contributed by atoms with E-state index in [0.29, 0.717) is 11.7 Å². The van der Waals surface area contributed by atoms with Crippen LogP contribution < -0.4 is 0 Å². The maximum absolute atomic E-state index is 12.0. The number of rotatable bonds is 4. The first-order valence-electron chi connectivity index (χ1n) is 7.93. The molecule has 1 atom stereocenters. The lowest BCUT2D eigenvalue weighted by molar-refractivity contribution is 0.0822. The van der Waals surface area contributed by atoms with Gasteiger partial charge in [0.15, 0.2) is 0 Å². The first-order chi connectivity index (χ1) is 11.0. The molecule has 5 heteroatoms. The lowest BCUT2D eigenvalue weighted by atomic mass is 10.0. The summed E-state index contributed by atoms with van der Waals surface area (Å²) in [7, 11) is 3.52. The van der Waals surface area contributed by atoms with Crippen LogP contribution in [0.1, 0.15) is 40.6 Å². The number of aromatic amines is 1. The summed E-state index contributed by atoms with van der Waals surface area (Å²) in [5.41, 5.74) is 2.98. The molecule has 1 aliphatic heterocycles. The van der Waals surface area contributed by atoms with E-state index in [-0.39, 0.29) is 5.91 Å². The highest BCUT2D eigenvalue weighted by molar-refractivity contribution is 6.30. The first kappa shape index (κ1) is 16.1. The van der Waals surface area contributed by atoms with Gasteiger partial charge in [0, 0.05) is 37.4 Å². The van der Waals surface area contributed by atoms with Crippen molar-refractivity contribution in [2.75, 3.05) is 20.6 Å². The topological polar surface area (TPSA) is 39.3 Å². The molecule has 0 aliphatic carbocycles. The van der Waals surface area contributed by atoms with Crippen LogP contribution in [0.25, 0.3) is 0 Å². The second kappa shape index (κ2) is 6.77. The largest absolute Gasteiger partial charge is 0.353 e. The van der Waals surface area contributed by atoms with Crippen molar-refractivity contribution in [2.24, 2.45) is 0 Å². The summed E-state index contributed by atoms with van der Waals surface area (Å²) >= 11 is 6.13. The Hall–Kier alpha value is -1.78. The Morgan fingerprint density at radius 2 is 2.17 bits per heavy atom. The van der Waals surface area contributed by atoms with Crippen molar-refractivity contribution < 1.29 is 4.79 Å². The highest BCUT2D eigenvalue weighted by Gasteiger charge is 2.26. The van der Waals surface area contributed by atoms with Gasteiger partial charge >= 0.3 is 0 Å². The average molecular weight is 332 g/mol. The molecule has 1 aliphatic rings. The van der Waals surface area contributed by atoms with Crippen molar-refractivity contribution in [1.29, 1.82) is 0 Å². The van der Waals surface area contributed by atoms with E-state index >= 15 is 0 Å². The number of nitrogens with zero attached hydrogens (tertiary/aromatic N) is 2. The zero-order valence-corrected chi connectivity index (χ0v) is 14.3. The summed E-state index contributed by atoms with van der Waals surface area (Å²) in [6.07, 6.45) is 2.33. The molecule has 2 heterocycles. The molecule has 0 saturated carbocycles. The monoisotopic (exact) mass is 331 g/mol. The highest BCUT2D eigenvalue weighted by Crippen LogP contribution is 2.34. The molecule has 1 aromatic carbocycles. The number of carbonyl (C=O) groups excluding carboxylic acids is 1. The fraction of sp³-hybridized carbons (Fsp3) is 0.389. The van der Waals surface area contributed by atoms with Gasteiger partial charge in [-0.25, -0.2) is 0 Å². The number of H-pyrrole nitrogens is 1. The van der Waals surface area contributed by atoms with Gasteiger partial charge < -0.3 is 9.88 Å². The third-order valence-corrected chi connectivity index (χ3v) is 4.59. The van der Waals surface area contributed by atoms with Crippen molar-refractivity contribution in [1.82, 2.24) is 14.8 Å². The van der Waals surface area contributed by atoms with Crippen LogP contribution in [0.15, 0.2) is 36.4 Å². The van der Waals surface area contributed by atoms with Gasteiger partial charge in [-0.05, 0) is 49.2 Å². The minimum absolute atomic E-state index is 0.00376. The number of aromatic nitrogens is 1. The van der Waals surface area contributed by atoms with Gasteiger partial charge in [-0.15, -0.1) is 0 Å². The third kappa shape index (κ3) is 3.59. The molecule has 23 heavy (non-hydrogen) atoms. The molecule has 0 radical (unpaired) electrons. The first-order valence-corrected chi connectivity index (χ1v) is 8.31. The zero-order valence-electron chi connectivity index (χ0n) is 13.6. The van der Waals surface area contributed by atoms with E-state index in [4.69, 9.17) is 11.6 Å². The second-order valence-corrected chi connectivity index (χ2v) is 6.72. The Bertz CT molecular complexity index is 695. The lowest BCUT2D eigenvalue weighted by Gasteiger charge is -2.24. The third-order valence-electron chi connectivity index (χ3n) is 4.35. The molecule has 4 nitrogen and oxygen atoms in total. The summed E-state index contributed by atoms with van der Waals surface area (Å²) in [6, 6.07) is 12.4. The quantitative estimate of drug-likeness (QED) is 0.927. The van der Waals surface area contributed by atoms with Crippen LogP contribution in [-0.4, -0.2) is 41.3 Å². The lowest BCUT2D eigenvalue weighted by Crippen LogP contribution is -2.24. The molecule has 1 N–H and O–H groups in total. The summed E-state index contributed by atoms with van der Waals surface area (Å²) in [4.78, 5) is 19.3. The molecule has 0 spiro atoms. The highest BCUT2D eigenvalue weighted by atomic mass is 35.5. The smallest absolute Gasteiger partial charge is 0.269 e. The summed E-state index contributed by atoms with van der Waals surface area (Å²) < 4.78 is 0. The van der Waals surface area contributed by atoms with E-state index in [9.17, 15) is 4.79 Å². The van der Waals surface area contributed by atoms with Crippen LogP contribution >= 0.6 is 11.6 Å². The van der Waals surface area contributed by atoms with Crippen molar-refractivity contribution in [3.63, 3.8) is 0 Å². The van der Waals surface area contributed by atoms with Crippen LogP contribution in [0.3, 0.4) is 0 Å². The fourth-order valence-electron chi connectivity index (χ4n) is 3.22. The predicted molar refractivity (Wildman–Crippen MR) is 92.6 cm³/mol. The van der Waals surface area contributed by atoms with Gasteiger partial charge in [-0.1, -0.05) is 23.7 Å². The molecule has 122 valence electrons. The molecule has 0 bridgehead atoms. The Kier molecular flexibility index (Phi) is 4.74. The summed E-state index contributed by atoms with van der Waals surface area (Å²) in [5.74, 6) is 0.00376. The zero-order chi connectivity index (χ0) is 16.4. The minimum Gasteiger partial charge on any atom is -0.353 e. The van der Waals surface area contributed by atoms with Gasteiger partial charge in [0.2, 0.25) is 0 Å². The van der Waals surface area contributed by atoms with Crippen molar-refractivity contribution in [2.45, 2.75) is 25.4 Å². The molecule has 1 aromatic heterocycles. The second-order valence-electron chi connectivity index (χ2n) is 6.28. The number of hydrogen-bond acceptors (Lipinski definition) is 2. The number of hydrogen-bond donors (Lipinski definition) is 1. The van der Waals surface area contributed by atoms with Crippen LogP contribution in [0, 0.1) is 0 Å². The van der Waals surface area contributed by atoms with E-state index in [0.717, 1.165) is 30.2 Å². The Morgan fingerprint density at radius 3 is 2.91 bits per heavy atom. The molecule has 1 fully saturated rings. The molecule has 0 unspecified atom stereocenters. The molecular weight excluding hydrogens is 310 g/mol. The Balaban J connectivity index is 1.73. The standard InChI is InChI=1S/C18H22ClN3O/c1-21(2)18(23)16-9-8-15(20-16)12-22-10-4-7-17(22)13-5-3-6-14(19)11-13/h3,5-6,8-9,11,17,20H,4,7,10,12H2,1-2H3/t17-/m1/s1. The SMILES string of the molecule is CN(C)C(=O)c1ccc(CN2CCC[C@@H]2c2cccc(Cl)c2)[nH]1. The number of halogens is 1. The Morgan fingerprint density at radius 1 is 1.35 bits per heavy atom. The predicted octanol–water partition coefficient (Wildman–Crippen LogP) is 3.71. The summed E-state index contributed by atoms with van der Waals surface area (Å²) in [6.45, 7) is 1.88. The van der Waals surface area contributed by atoms with Crippen molar-refractivity contribution in [3.05, 3.63) is 58.4 Å². The number of benzene rings is 1. The average Bonchev–Trinajstić information content (AvgIpc) is 3.16. The maximum Gasteiger partial charge on any atom is 0.269 e. The molecule has 3 rings (SSSR count). The molecule has 1 amide bonds.